The van der Waals surface area contributed by atoms with Crippen LogP contribution >= 0.6 is 11.3 Å². The highest BCUT2D eigenvalue weighted by molar-refractivity contribution is 7.12. The number of carbonyl (C=O) groups is 2. The molecule has 0 aromatic carbocycles. The zero-order chi connectivity index (χ0) is 15.0. The van der Waals surface area contributed by atoms with Gasteiger partial charge < -0.3 is 0 Å². The maximum Gasteiger partial charge on any atom is 0.172 e. The second kappa shape index (κ2) is 9.06. The molecule has 0 amide bonds. The van der Waals surface area contributed by atoms with E-state index in [9.17, 15) is 9.59 Å². The monoisotopic (exact) mass is 294 g/mol. The van der Waals surface area contributed by atoms with Crippen LogP contribution in [0, 0.1) is 11.8 Å². The van der Waals surface area contributed by atoms with E-state index >= 15 is 0 Å². The second-order valence-electron chi connectivity index (χ2n) is 5.93. The average molecular weight is 294 g/mol. The first kappa shape index (κ1) is 17.1. The summed E-state index contributed by atoms with van der Waals surface area (Å²) < 4.78 is 0. The number of Topliss-reactive ketones (excluding diaryl/α,β-unsaturated/α-hetero) is 2. The van der Waals surface area contributed by atoms with E-state index in [2.05, 4.69) is 6.92 Å². The maximum absolute atomic E-state index is 11.8. The molecule has 1 aromatic heterocycles. The molecule has 1 aromatic rings. The van der Waals surface area contributed by atoms with Crippen molar-refractivity contribution in [1.29, 1.82) is 0 Å². The summed E-state index contributed by atoms with van der Waals surface area (Å²) in [6.07, 6.45) is 5.60. The fraction of sp³-hybridized carbons (Fsp3) is 0.647. The highest BCUT2D eigenvalue weighted by Gasteiger charge is 2.12. The van der Waals surface area contributed by atoms with Gasteiger partial charge in [-0.15, -0.1) is 11.3 Å². The van der Waals surface area contributed by atoms with Gasteiger partial charge in [-0.2, -0.15) is 0 Å². The van der Waals surface area contributed by atoms with Crippen molar-refractivity contribution in [3.05, 3.63) is 22.4 Å². The molecule has 0 radical (unpaired) electrons. The fourth-order valence-electron chi connectivity index (χ4n) is 2.20. The Morgan fingerprint density at radius 1 is 1.15 bits per heavy atom. The first-order chi connectivity index (χ1) is 9.50. The Morgan fingerprint density at radius 3 is 2.50 bits per heavy atom. The van der Waals surface area contributed by atoms with Crippen LogP contribution in [-0.4, -0.2) is 11.6 Å². The van der Waals surface area contributed by atoms with Gasteiger partial charge in [-0.05, 0) is 23.8 Å². The highest BCUT2D eigenvalue weighted by Crippen LogP contribution is 2.18. The van der Waals surface area contributed by atoms with Crippen molar-refractivity contribution in [3.63, 3.8) is 0 Å². The van der Waals surface area contributed by atoms with Crippen molar-refractivity contribution < 1.29 is 9.59 Å². The van der Waals surface area contributed by atoms with Crippen LogP contribution in [0.4, 0.5) is 0 Å². The van der Waals surface area contributed by atoms with E-state index in [-0.39, 0.29) is 11.7 Å². The van der Waals surface area contributed by atoms with E-state index in [0.717, 1.165) is 30.6 Å². The predicted molar refractivity (Wildman–Crippen MR) is 85.4 cm³/mol. The standard InChI is InChI=1S/C17H26O2S/c1-13(2)16(19)12-14(3)8-5-4-6-9-15(18)17-10-7-11-20-17/h7,10-11,13-14H,4-6,8-9,12H2,1-3H3. The number of unbranched alkanes of at least 4 members (excludes halogenated alkanes) is 2. The van der Waals surface area contributed by atoms with Gasteiger partial charge >= 0.3 is 0 Å². The van der Waals surface area contributed by atoms with Crippen molar-refractivity contribution in [2.45, 2.75) is 59.3 Å². The quantitative estimate of drug-likeness (QED) is 0.442. The molecule has 0 fully saturated rings. The minimum Gasteiger partial charge on any atom is -0.299 e. The molecule has 1 unspecified atom stereocenters. The summed E-state index contributed by atoms with van der Waals surface area (Å²) in [5.41, 5.74) is 0. The molecule has 0 aliphatic rings. The van der Waals surface area contributed by atoms with Gasteiger partial charge in [0.25, 0.3) is 0 Å². The van der Waals surface area contributed by atoms with Gasteiger partial charge in [0.2, 0.25) is 0 Å². The summed E-state index contributed by atoms with van der Waals surface area (Å²) in [5, 5.41) is 1.95. The van der Waals surface area contributed by atoms with E-state index in [1.54, 1.807) is 0 Å². The van der Waals surface area contributed by atoms with Crippen molar-refractivity contribution in [2.24, 2.45) is 11.8 Å². The Kier molecular flexibility index (Phi) is 7.75. The third-order valence-electron chi connectivity index (χ3n) is 3.59. The minimum atomic E-state index is 0.154. The summed E-state index contributed by atoms with van der Waals surface area (Å²) in [7, 11) is 0. The molecule has 0 aliphatic heterocycles. The molecule has 1 atom stereocenters. The summed E-state index contributed by atoms with van der Waals surface area (Å²) >= 11 is 1.52. The maximum atomic E-state index is 11.8. The van der Waals surface area contributed by atoms with Crippen LogP contribution in [0.25, 0.3) is 0 Å². The molecule has 3 heteroatoms. The van der Waals surface area contributed by atoms with Crippen LogP contribution < -0.4 is 0 Å². The Labute approximate surface area is 126 Å². The number of ketones is 2. The van der Waals surface area contributed by atoms with Crippen LogP contribution in [0.1, 0.15) is 69.0 Å². The lowest BCUT2D eigenvalue weighted by molar-refractivity contribution is -0.122. The molecule has 1 heterocycles. The topological polar surface area (TPSA) is 34.1 Å². The molecule has 0 spiro atoms. The predicted octanol–water partition coefficient (Wildman–Crippen LogP) is 5.13. The normalized spacial score (nSPS) is 12.6. The van der Waals surface area contributed by atoms with E-state index in [1.807, 2.05) is 31.4 Å². The van der Waals surface area contributed by atoms with Crippen LogP contribution in [0.2, 0.25) is 0 Å². The Hall–Kier alpha value is -0.960. The van der Waals surface area contributed by atoms with Gasteiger partial charge in [-0.3, -0.25) is 9.59 Å². The van der Waals surface area contributed by atoms with Crippen molar-refractivity contribution in [1.82, 2.24) is 0 Å². The van der Waals surface area contributed by atoms with Crippen LogP contribution in [0.15, 0.2) is 17.5 Å². The smallest absolute Gasteiger partial charge is 0.172 e. The Bertz CT molecular complexity index is 407. The molecule has 0 bridgehead atoms. The van der Waals surface area contributed by atoms with Crippen LogP contribution in [0.3, 0.4) is 0 Å². The van der Waals surface area contributed by atoms with E-state index in [4.69, 9.17) is 0 Å². The third kappa shape index (κ3) is 6.47. The molecule has 0 saturated heterocycles. The summed E-state index contributed by atoms with van der Waals surface area (Å²) in [5.74, 6) is 1.26. The third-order valence-corrected chi connectivity index (χ3v) is 4.50. The fourth-order valence-corrected chi connectivity index (χ4v) is 2.89. The second-order valence-corrected chi connectivity index (χ2v) is 6.88. The molecular weight excluding hydrogens is 268 g/mol. The average Bonchev–Trinajstić information content (AvgIpc) is 2.91. The molecular formula is C17H26O2S. The summed E-state index contributed by atoms with van der Waals surface area (Å²) in [6, 6.07) is 3.82. The SMILES string of the molecule is CC(CCCCCC(=O)c1cccs1)CC(=O)C(C)C. The van der Waals surface area contributed by atoms with Crippen LogP contribution in [-0.2, 0) is 4.79 Å². The van der Waals surface area contributed by atoms with Gasteiger partial charge in [-0.1, -0.05) is 46.1 Å². The first-order valence-electron chi connectivity index (χ1n) is 7.60. The largest absolute Gasteiger partial charge is 0.299 e. The number of rotatable bonds is 10. The molecule has 112 valence electrons. The number of hydrogen-bond acceptors (Lipinski definition) is 3. The summed E-state index contributed by atoms with van der Waals surface area (Å²) in [6.45, 7) is 6.08. The molecule has 20 heavy (non-hydrogen) atoms. The zero-order valence-electron chi connectivity index (χ0n) is 12.9. The van der Waals surface area contributed by atoms with Crippen molar-refractivity contribution in [2.75, 3.05) is 0 Å². The molecule has 0 aliphatic carbocycles. The Morgan fingerprint density at radius 2 is 1.90 bits per heavy atom. The van der Waals surface area contributed by atoms with Crippen molar-refractivity contribution >= 4 is 22.9 Å². The molecule has 0 saturated carbocycles. The highest BCUT2D eigenvalue weighted by atomic mass is 32.1. The van der Waals surface area contributed by atoms with E-state index in [1.165, 1.54) is 11.3 Å². The molecule has 1 rings (SSSR count). The first-order valence-corrected chi connectivity index (χ1v) is 8.48. The summed E-state index contributed by atoms with van der Waals surface area (Å²) in [4.78, 5) is 24.3. The number of carbonyl (C=O) groups excluding carboxylic acids is 2. The number of thiophene rings is 1. The Balaban J connectivity index is 2.07. The number of hydrogen-bond donors (Lipinski definition) is 0. The van der Waals surface area contributed by atoms with Crippen molar-refractivity contribution in [3.8, 4) is 0 Å². The van der Waals surface area contributed by atoms with Gasteiger partial charge in [0, 0.05) is 18.8 Å². The molecule has 0 N–H and O–H groups in total. The zero-order valence-corrected chi connectivity index (χ0v) is 13.7. The molecule has 2 nitrogen and oxygen atoms in total. The minimum absolute atomic E-state index is 0.154. The van der Waals surface area contributed by atoms with E-state index in [0.29, 0.717) is 24.5 Å². The van der Waals surface area contributed by atoms with Gasteiger partial charge in [0.15, 0.2) is 5.78 Å². The van der Waals surface area contributed by atoms with Gasteiger partial charge in [0.05, 0.1) is 4.88 Å². The van der Waals surface area contributed by atoms with Gasteiger partial charge in [-0.25, -0.2) is 0 Å². The van der Waals surface area contributed by atoms with Crippen LogP contribution in [0.5, 0.6) is 0 Å². The van der Waals surface area contributed by atoms with E-state index < -0.39 is 0 Å². The van der Waals surface area contributed by atoms with Gasteiger partial charge in [0.1, 0.15) is 5.78 Å². The lowest BCUT2D eigenvalue weighted by atomic mass is 9.93. The lowest BCUT2D eigenvalue weighted by Crippen LogP contribution is -2.11. The lowest BCUT2D eigenvalue weighted by Gasteiger charge is -2.11.